The van der Waals surface area contributed by atoms with Crippen molar-refractivity contribution in [2.75, 3.05) is 0 Å². The van der Waals surface area contributed by atoms with E-state index in [2.05, 4.69) is 32.7 Å². The number of aryl methyl sites for hydroxylation is 1. The fourth-order valence-electron chi connectivity index (χ4n) is 1.34. The van der Waals surface area contributed by atoms with Crippen LogP contribution in [-0.2, 0) is 5.60 Å². The maximum atomic E-state index is 9.88. The second-order valence-corrected chi connectivity index (χ2v) is 5.60. The molecule has 1 saturated carbocycles. The van der Waals surface area contributed by atoms with Gasteiger partial charge < -0.3 is 5.11 Å². The number of fused-ring (bicyclic) bond motifs is 1. The van der Waals surface area contributed by atoms with E-state index in [0.29, 0.717) is 0 Å². The van der Waals surface area contributed by atoms with Crippen molar-refractivity contribution in [3.63, 3.8) is 0 Å². The molecule has 1 fully saturated rings. The Morgan fingerprint density at radius 2 is 2.29 bits per heavy atom. The van der Waals surface area contributed by atoms with Crippen molar-refractivity contribution in [1.82, 2.24) is 14.6 Å². The van der Waals surface area contributed by atoms with Crippen molar-refractivity contribution in [2.24, 2.45) is 0 Å². The minimum atomic E-state index is -0.637. The lowest BCUT2D eigenvalue weighted by Gasteiger charge is -1.98. The van der Waals surface area contributed by atoms with Crippen LogP contribution >= 0.6 is 33.9 Å². The van der Waals surface area contributed by atoms with Gasteiger partial charge in [0.2, 0.25) is 4.96 Å². The summed E-state index contributed by atoms with van der Waals surface area (Å²) >= 11 is 3.71. The number of rotatable bonds is 1. The smallest absolute Gasteiger partial charge is 0.213 e. The third-order valence-corrected chi connectivity index (χ3v) is 4.77. The van der Waals surface area contributed by atoms with Gasteiger partial charge in [0, 0.05) is 0 Å². The van der Waals surface area contributed by atoms with E-state index in [-0.39, 0.29) is 0 Å². The molecule has 0 unspecified atom stereocenters. The summed E-state index contributed by atoms with van der Waals surface area (Å²) in [6, 6.07) is 0. The molecular formula is C8H8IN3OS. The van der Waals surface area contributed by atoms with Gasteiger partial charge in [-0.15, -0.1) is 0 Å². The molecule has 6 heteroatoms. The maximum absolute atomic E-state index is 9.88. The highest BCUT2D eigenvalue weighted by atomic mass is 127. The van der Waals surface area contributed by atoms with E-state index in [1.807, 2.05) is 11.4 Å². The van der Waals surface area contributed by atoms with Gasteiger partial charge in [0.15, 0.2) is 0 Å². The van der Waals surface area contributed by atoms with Crippen LogP contribution < -0.4 is 0 Å². The summed E-state index contributed by atoms with van der Waals surface area (Å²) in [6.45, 7) is 1.97. The molecule has 14 heavy (non-hydrogen) atoms. The molecule has 0 aliphatic heterocycles. The van der Waals surface area contributed by atoms with Crippen LogP contribution in [0.2, 0.25) is 0 Å². The maximum Gasteiger partial charge on any atom is 0.213 e. The fourth-order valence-corrected chi connectivity index (χ4v) is 3.06. The number of aromatic nitrogens is 3. The van der Waals surface area contributed by atoms with Crippen LogP contribution in [0.1, 0.15) is 23.5 Å². The number of aliphatic hydroxyl groups is 1. The van der Waals surface area contributed by atoms with Crippen LogP contribution in [0.5, 0.6) is 0 Å². The van der Waals surface area contributed by atoms with Crippen LogP contribution in [-0.4, -0.2) is 19.7 Å². The molecule has 2 aromatic heterocycles. The van der Waals surface area contributed by atoms with Crippen molar-refractivity contribution in [3.05, 3.63) is 14.4 Å². The Labute approximate surface area is 98.1 Å². The molecule has 0 spiro atoms. The number of hydrogen-bond acceptors (Lipinski definition) is 4. The summed E-state index contributed by atoms with van der Waals surface area (Å²) in [6.07, 6.45) is 1.67. The van der Waals surface area contributed by atoms with Gasteiger partial charge in [0.25, 0.3) is 0 Å². The van der Waals surface area contributed by atoms with Gasteiger partial charge in [-0.3, -0.25) is 0 Å². The molecular weight excluding hydrogens is 313 g/mol. The van der Waals surface area contributed by atoms with Crippen molar-refractivity contribution in [1.29, 1.82) is 0 Å². The first-order valence-corrected chi connectivity index (χ1v) is 6.24. The van der Waals surface area contributed by atoms with E-state index in [9.17, 15) is 5.11 Å². The Morgan fingerprint density at radius 3 is 2.86 bits per heavy atom. The lowest BCUT2D eigenvalue weighted by atomic mass is 10.4. The molecule has 0 amide bonds. The summed E-state index contributed by atoms with van der Waals surface area (Å²) in [5.41, 5.74) is 0.362. The Bertz CT molecular complexity index is 514. The molecule has 0 bridgehead atoms. The predicted octanol–water partition coefficient (Wildman–Crippen LogP) is 1.69. The number of halogens is 1. The largest absolute Gasteiger partial charge is 0.383 e. The molecule has 2 heterocycles. The van der Waals surface area contributed by atoms with Crippen molar-refractivity contribution in [2.45, 2.75) is 25.4 Å². The highest BCUT2D eigenvalue weighted by Gasteiger charge is 2.45. The van der Waals surface area contributed by atoms with Gasteiger partial charge >= 0.3 is 0 Å². The van der Waals surface area contributed by atoms with Gasteiger partial charge in [0.1, 0.15) is 14.3 Å². The molecule has 4 nitrogen and oxygen atoms in total. The topological polar surface area (TPSA) is 50.4 Å². The predicted molar refractivity (Wildman–Crippen MR) is 61.4 cm³/mol. The number of nitrogens with zero attached hydrogens (tertiary/aromatic N) is 3. The SMILES string of the molecule is Cc1nc2sc(C3(O)CC3)nn2c1I. The fraction of sp³-hybridized carbons (Fsp3) is 0.500. The second-order valence-electron chi connectivity index (χ2n) is 3.62. The quantitative estimate of drug-likeness (QED) is 0.813. The third kappa shape index (κ3) is 1.13. The molecule has 0 saturated heterocycles. The average Bonchev–Trinajstić information content (AvgIpc) is 2.67. The first-order chi connectivity index (χ1) is 6.60. The number of imidazole rings is 1. The van der Waals surface area contributed by atoms with Crippen molar-refractivity contribution >= 4 is 38.9 Å². The lowest BCUT2D eigenvalue weighted by Crippen LogP contribution is -2.04. The van der Waals surface area contributed by atoms with E-state index in [4.69, 9.17) is 0 Å². The molecule has 2 aromatic rings. The molecule has 0 radical (unpaired) electrons. The Morgan fingerprint density at radius 1 is 1.57 bits per heavy atom. The normalized spacial score (nSPS) is 19.1. The minimum absolute atomic E-state index is 0.637. The highest BCUT2D eigenvalue weighted by molar-refractivity contribution is 14.1. The van der Waals surface area contributed by atoms with E-state index in [0.717, 1.165) is 32.2 Å². The van der Waals surface area contributed by atoms with Gasteiger partial charge in [-0.25, -0.2) is 4.98 Å². The standard InChI is InChI=1S/C8H8IN3OS/c1-4-5(9)12-7(10-4)14-6(11-12)8(13)2-3-8/h13H,2-3H2,1H3. The zero-order chi connectivity index (χ0) is 9.92. The molecule has 0 aromatic carbocycles. The zero-order valence-electron chi connectivity index (χ0n) is 7.49. The Kier molecular flexibility index (Phi) is 1.73. The summed E-state index contributed by atoms with van der Waals surface area (Å²) in [4.78, 5) is 5.25. The van der Waals surface area contributed by atoms with Gasteiger partial charge in [0.05, 0.1) is 5.69 Å². The number of hydrogen-bond donors (Lipinski definition) is 1. The van der Waals surface area contributed by atoms with Crippen molar-refractivity contribution < 1.29 is 5.11 Å². The van der Waals surface area contributed by atoms with Crippen LogP contribution in [0, 0.1) is 10.6 Å². The van der Waals surface area contributed by atoms with Crippen LogP contribution in [0.25, 0.3) is 4.96 Å². The molecule has 74 valence electrons. The first kappa shape index (κ1) is 9.05. The summed E-state index contributed by atoms with van der Waals surface area (Å²) in [5, 5.41) is 15.1. The average molecular weight is 321 g/mol. The Hall–Kier alpha value is -0.210. The third-order valence-electron chi connectivity index (χ3n) is 2.43. The second kappa shape index (κ2) is 2.67. The van der Waals surface area contributed by atoms with Crippen LogP contribution in [0.15, 0.2) is 0 Å². The lowest BCUT2D eigenvalue weighted by molar-refractivity contribution is 0.150. The van der Waals surface area contributed by atoms with Crippen LogP contribution in [0.3, 0.4) is 0 Å². The summed E-state index contributed by atoms with van der Waals surface area (Å²) in [7, 11) is 0. The van der Waals surface area contributed by atoms with E-state index in [1.54, 1.807) is 0 Å². The van der Waals surface area contributed by atoms with E-state index < -0.39 is 5.60 Å². The Balaban J connectivity index is 2.22. The summed E-state index contributed by atoms with van der Waals surface area (Å²) < 4.78 is 2.84. The minimum Gasteiger partial charge on any atom is -0.383 e. The van der Waals surface area contributed by atoms with E-state index in [1.165, 1.54) is 11.3 Å². The van der Waals surface area contributed by atoms with Gasteiger partial charge in [-0.05, 0) is 42.4 Å². The van der Waals surface area contributed by atoms with Gasteiger partial charge in [-0.2, -0.15) is 9.61 Å². The molecule has 1 aliphatic rings. The molecule has 1 aliphatic carbocycles. The highest BCUT2D eigenvalue weighted by Crippen LogP contribution is 2.46. The molecule has 1 N–H and O–H groups in total. The van der Waals surface area contributed by atoms with E-state index >= 15 is 0 Å². The summed E-state index contributed by atoms with van der Waals surface area (Å²) in [5.74, 6) is 0. The molecule has 0 atom stereocenters. The van der Waals surface area contributed by atoms with Crippen molar-refractivity contribution in [3.8, 4) is 0 Å². The zero-order valence-corrected chi connectivity index (χ0v) is 10.5. The molecule has 3 rings (SSSR count). The van der Waals surface area contributed by atoms with Gasteiger partial charge in [-0.1, -0.05) is 11.3 Å². The monoisotopic (exact) mass is 321 g/mol. The van der Waals surface area contributed by atoms with Crippen LogP contribution in [0.4, 0.5) is 0 Å². The first-order valence-electron chi connectivity index (χ1n) is 4.35.